The molecule has 3 nitrogen and oxygen atoms in total. The summed E-state index contributed by atoms with van der Waals surface area (Å²) in [7, 11) is 1.60. The molecule has 0 heterocycles. The van der Waals surface area contributed by atoms with Crippen molar-refractivity contribution in [3.05, 3.63) is 24.3 Å². The number of hydrogen-bond acceptors (Lipinski definition) is 2. The van der Waals surface area contributed by atoms with Crippen molar-refractivity contribution >= 4 is 5.91 Å². The zero-order valence-corrected chi connectivity index (χ0v) is 11.2. The standard InChI is InChI=1S/C11H20N2O.C2H6/c1-4-5-6-7-8-9(2)10(12)11(14)13-3;1-2/h4-5,7-10H,6,12H2,1-3H3,(H,13,14);1-2H3/b5-4-,8-7-;. The quantitative estimate of drug-likeness (QED) is 0.706. The highest BCUT2D eigenvalue weighted by Gasteiger charge is 2.16. The summed E-state index contributed by atoms with van der Waals surface area (Å²) in [6.45, 7) is 7.92. The highest BCUT2D eigenvalue weighted by molar-refractivity contribution is 5.81. The third-order valence-corrected chi connectivity index (χ3v) is 2.06. The van der Waals surface area contributed by atoms with Crippen molar-refractivity contribution in [3.63, 3.8) is 0 Å². The summed E-state index contributed by atoms with van der Waals surface area (Å²) in [5, 5.41) is 2.54. The zero-order chi connectivity index (χ0) is 13.0. The first-order chi connectivity index (χ1) is 7.63. The van der Waals surface area contributed by atoms with Gasteiger partial charge in [-0.15, -0.1) is 0 Å². The Morgan fingerprint density at radius 3 is 2.38 bits per heavy atom. The van der Waals surface area contributed by atoms with Crippen LogP contribution in [0.3, 0.4) is 0 Å². The summed E-state index contributed by atoms with van der Waals surface area (Å²) >= 11 is 0. The van der Waals surface area contributed by atoms with Crippen LogP contribution in [0.1, 0.15) is 34.1 Å². The van der Waals surface area contributed by atoms with Gasteiger partial charge in [-0.3, -0.25) is 4.79 Å². The van der Waals surface area contributed by atoms with Gasteiger partial charge < -0.3 is 11.1 Å². The van der Waals surface area contributed by atoms with Crippen LogP contribution in [0, 0.1) is 5.92 Å². The molecule has 0 aromatic carbocycles. The van der Waals surface area contributed by atoms with Crippen molar-refractivity contribution in [2.24, 2.45) is 11.7 Å². The number of nitrogens with two attached hydrogens (primary N) is 1. The van der Waals surface area contributed by atoms with Crippen molar-refractivity contribution < 1.29 is 4.79 Å². The normalized spacial score (nSPS) is 14.4. The number of allylic oxidation sites excluding steroid dienone is 3. The number of amides is 1. The van der Waals surface area contributed by atoms with Crippen LogP contribution >= 0.6 is 0 Å². The van der Waals surface area contributed by atoms with Crippen molar-refractivity contribution in [1.82, 2.24) is 5.32 Å². The van der Waals surface area contributed by atoms with Gasteiger partial charge in [0.15, 0.2) is 0 Å². The minimum Gasteiger partial charge on any atom is -0.358 e. The van der Waals surface area contributed by atoms with Gasteiger partial charge >= 0.3 is 0 Å². The lowest BCUT2D eigenvalue weighted by molar-refractivity contribution is -0.122. The maximum Gasteiger partial charge on any atom is 0.237 e. The Bertz CT molecular complexity index is 222. The molecule has 0 aliphatic heterocycles. The number of rotatable bonds is 5. The Morgan fingerprint density at radius 2 is 1.94 bits per heavy atom. The molecule has 1 amide bonds. The number of carbonyl (C=O) groups excluding carboxylic acids is 1. The van der Waals surface area contributed by atoms with E-state index in [4.69, 9.17) is 5.73 Å². The first-order valence-corrected chi connectivity index (χ1v) is 5.88. The summed E-state index contributed by atoms with van der Waals surface area (Å²) in [4.78, 5) is 11.2. The molecule has 3 N–H and O–H groups in total. The number of likely N-dealkylation sites (N-methyl/N-ethyl adjacent to an activating group) is 1. The van der Waals surface area contributed by atoms with Crippen molar-refractivity contribution in [2.45, 2.75) is 40.2 Å². The third kappa shape index (κ3) is 8.24. The fraction of sp³-hybridized carbons (Fsp3) is 0.615. The lowest BCUT2D eigenvalue weighted by Gasteiger charge is -2.14. The van der Waals surface area contributed by atoms with Crippen LogP contribution in [0.2, 0.25) is 0 Å². The first-order valence-electron chi connectivity index (χ1n) is 5.88. The fourth-order valence-electron chi connectivity index (χ4n) is 1.03. The highest BCUT2D eigenvalue weighted by Crippen LogP contribution is 2.03. The predicted octanol–water partition coefficient (Wildman–Crippen LogP) is 2.24. The highest BCUT2D eigenvalue weighted by atomic mass is 16.2. The Labute approximate surface area is 99.8 Å². The van der Waals surface area contributed by atoms with E-state index < -0.39 is 6.04 Å². The molecule has 0 rings (SSSR count). The Hall–Kier alpha value is -1.09. The predicted molar refractivity (Wildman–Crippen MR) is 71.1 cm³/mol. The average Bonchev–Trinajstić information content (AvgIpc) is 2.34. The van der Waals surface area contributed by atoms with Crippen LogP contribution < -0.4 is 11.1 Å². The molecule has 94 valence electrons. The number of hydrogen-bond donors (Lipinski definition) is 2. The van der Waals surface area contributed by atoms with E-state index in [0.717, 1.165) is 6.42 Å². The maximum absolute atomic E-state index is 11.2. The van der Waals surface area contributed by atoms with Gasteiger partial charge in [0.1, 0.15) is 0 Å². The van der Waals surface area contributed by atoms with Gasteiger partial charge in [0.05, 0.1) is 6.04 Å². The molecule has 0 saturated carbocycles. The molecule has 0 aromatic rings. The molecular formula is C13H26N2O. The second kappa shape index (κ2) is 12.0. The SMILES string of the molecule is C/C=C\C/C=C\C(C)C(N)C(=O)NC.CC. The van der Waals surface area contributed by atoms with E-state index in [1.54, 1.807) is 7.05 Å². The first kappa shape index (κ1) is 17.3. The summed E-state index contributed by atoms with van der Waals surface area (Å²) in [6, 6.07) is -0.457. The van der Waals surface area contributed by atoms with E-state index in [2.05, 4.69) is 11.4 Å². The molecule has 0 aromatic heterocycles. The lowest BCUT2D eigenvalue weighted by atomic mass is 10.0. The number of nitrogens with one attached hydrogen (secondary N) is 1. The molecule has 3 heteroatoms. The monoisotopic (exact) mass is 226 g/mol. The van der Waals surface area contributed by atoms with Gasteiger partial charge in [0, 0.05) is 7.05 Å². The lowest BCUT2D eigenvalue weighted by Crippen LogP contribution is -2.42. The smallest absolute Gasteiger partial charge is 0.237 e. The molecule has 2 atom stereocenters. The Kier molecular flexibility index (Phi) is 13.0. The molecule has 0 bridgehead atoms. The molecule has 0 fully saturated rings. The Morgan fingerprint density at radius 1 is 1.38 bits per heavy atom. The molecule has 0 aliphatic rings. The van der Waals surface area contributed by atoms with Gasteiger partial charge in [0.2, 0.25) is 5.91 Å². The van der Waals surface area contributed by atoms with Crippen LogP contribution in [0.5, 0.6) is 0 Å². The van der Waals surface area contributed by atoms with Crippen LogP contribution in [-0.2, 0) is 4.79 Å². The molecule has 0 spiro atoms. The summed E-state index contributed by atoms with van der Waals surface area (Å²) in [5.41, 5.74) is 5.70. The second-order valence-electron chi connectivity index (χ2n) is 3.23. The zero-order valence-electron chi connectivity index (χ0n) is 11.2. The molecule has 0 saturated heterocycles. The summed E-state index contributed by atoms with van der Waals surface area (Å²) in [5.74, 6) is -0.0478. The van der Waals surface area contributed by atoms with Crippen molar-refractivity contribution in [1.29, 1.82) is 0 Å². The van der Waals surface area contributed by atoms with Crippen molar-refractivity contribution in [3.8, 4) is 0 Å². The average molecular weight is 226 g/mol. The Balaban J connectivity index is 0. The van der Waals surface area contributed by atoms with Gasteiger partial charge in [-0.1, -0.05) is 45.1 Å². The van der Waals surface area contributed by atoms with E-state index in [9.17, 15) is 4.79 Å². The van der Waals surface area contributed by atoms with Gasteiger partial charge in [-0.05, 0) is 19.3 Å². The van der Waals surface area contributed by atoms with E-state index in [1.807, 2.05) is 45.9 Å². The van der Waals surface area contributed by atoms with Crippen LogP contribution in [0.25, 0.3) is 0 Å². The van der Waals surface area contributed by atoms with Gasteiger partial charge in [-0.2, -0.15) is 0 Å². The minimum absolute atomic E-state index is 0.0696. The second-order valence-corrected chi connectivity index (χ2v) is 3.23. The number of carbonyl (C=O) groups is 1. The van der Waals surface area contributed by atoms with E-state index in [-0.39, 0.29) is 11.8 Å². The van der Waals surface area contributed by atoms with Crippen LogP contribution in [0.4, 0.5) is 0 Å². The van der Waals surface area contributed by atoms with Gasteiger partial charge in [0.25, 0.3) is 0 Å². The van der Waals surface area contributed by atoms with Crippen LogP contribution in [-0.4, -0.2) is 19.0 Å². The molecule has 0 radical (unpaired) electrons. The maximum atomic E-state index is 11.2. The summed E-state index contributed by atoms with van der Waals surface area (Å²) in [6.07, 6.45) is 8.93. The van der Waals surface area contributed by atoms with Gasteiger partial charge in [-0.25, -0.2) is 0 Å². The minimum atomic E-state index is -0.457. The largest absolute Gasteiger partial charge is 0.358 e. The van der Waals surface area contributed by atoms with E-state index >= 15 is 0 Å². The third-order valence-electron chi connectivity index (χ3n) is 2.06. The molecular weight excluding hydrogens is 200 g/mol. The fourth-order valence-corrected chi connectivity index (χ4v) is 1.03. The molecule has 0 aliphatic carbocycles. The topological polar surface area (TPSA) is 55.1 Å². The molecule has 2 unspecified atom stereocenters. The van der Waals surface area contributed by atoms with Crippen LogP contribution in [0.15, 0.2) is 24.3 Å². The molecule has 16 heavy (non-hydrogen) atoms. The summed E-state index contributed by atoms with van der Waals surface area (Å²) < 4.78 is 0. The van der Waals surface area contributed by atoms with E-state index in [1.165, 1.54) is 0 Å². The van der Waals surface area contributed by atoms with Crippen molar-refractivity contribution in [2.75, 3.05) is 7.05 Å². The van der Waals surface area contributed by atoms with E-state index in [0.29, 0.717) is 0 Å².